The van der Waals surface area contributed by atoms with Gasteiger partial charge in [-0.3, -0.25) is 9.59 Å². The topological polar surface area (TPSA) is 122 Å². The van der Waals surface area contributed by atoms with E-state index in [4.69, 9.17) is 16.7 Å². The second kappa shape index (κ2) is 6.83. The fraction of sp³-hybridized carbons (Fsp3) is 0.727. The van der Waals surface area contributed by atoms with Gasteiger partial charge in [0.15, 0.2) is 5.84 Å². The molecule has 0 atom stereocenters. The highest BCUT2D eigenvalue weighted by Crippen LogP contribution is 2.19. The summed E-state index contributed by atoms with van der Waals surface area (Å²) >= 11 is 0. The molecule has 2 amide bonds. The number of nitrogens with two attached hydrogens (primary N) is 2. The number of oxime groups is 1. The molecule has 0 aromatic heterocycles. The maximum absolute atomic E-state index is 12.3. The van der Waals surface area contributed by atoms with Crippen molar-refractivity contribution < 1.29 is 14.8 Å². The molecule has 7 heteroatoms. The van der Waals surface area contributed by atoms with Crippen LogP contribution in [0.1, 0.15) is 33.6 Å². The van der Waals surface area contributed by atoms with Crippen molar-refractivity contribution in [2.24, 2.45) is 22.0 Å². The van der Waals surface area contributed by atoms with Gasteiger partial charge in [-0.15, -0.1) is 0 Å². The first-order valence-corrected chi connectivity index (χ1v) is 5.83. The molecule has 104 valence electrons. The van der Waals surface area contributed by atoms with E-state index in [1.165, 1.54) is 18.7 Å². The molecule has 0 heterocycles. The van der Waals surface area contributed by atoms with Gasteiger partial charge in [-0.05, 0) is 20.3 Å². The standard InChI is InChI=1S/C11H22N4O3/c1-4-5-6-15(7-8(12)16)10(17)11(2,3)9(13)14-18/h18H,4-7H2,1-3H3,(H2,12,16)(H2,13,14). The molecule has 0 saturated carbocycles. The summed E-state index contributed by atoms with van der Waals surface area (Å²) in [5, 5.41) is 11.5. The number of rotatable bonds is 7. The quantitative estimate of drug-likeness (QED) is 0.255. The Kier molecular flexibility index (Phi) is 6.15. The third-order valence-corrected chi connectivity index (χ3v) is 2.70. The van der Waals surface area contributed by atoms with Crippen molar-refractivity contribution in [3.05, 3.63) is 0 Å². The van der Waals surface area contributed by atoms with Gasteiger partial charge in [-0.2, -0.15) is 0 Å². The SMILES string of the molecule is CCCCN(CC(N)=O)C(=O)C(C)(C)C(N)=NO. The van der Waals surface area contributed by atoms with Crippen molar-refractivity contribution in [2.75, 3.05) is 13.1 Å². The van der Waals surface area contributed by atoms with E-state index < -0.39 is 11.3 Å². The molecule has 0 aliphatic carbocycles. The molecule has 0 rings (SSSR count). The molecular weight excluding hydrogens is 236 g/mol. The van der Waals surface area contributed by atoms with Crippen LogP contribution in [0.3, 0.4) is 0 Å². The number of carbonyl (C=O) groups is 2. The van der Waals surface area contributed by atoms with Crippen molar-refractivity contribution in [3.63, 3.8) is 0 Å². The molecular formula is C11H22N4O3. The molecule has 0 saturated heterocycles. The van der Waals surface area contributed by atoms with Crippen LogP contribution in [0.2, 0.25) is 0 Å². The Balaban J connectivity index is 4.99. The first-order valence-electron chi connectivity index (χ1n) is 5.83. The van der Waals surface area contributed by atoms with Crippen LogP contribution in [0.25, 0.3) is 0 Å². The van der Waals surface area contributed by atoms with E-state index in [-0.39, 0.29) is 18.3 Å². The number of amides is 2. The summed E-state index contributed by atoms with van der Waals surface area (Å²) in [6.45, 7) is 5.29. The minimum Gasteiger partial charge on any atom is -0.409 e. The summed E-state index contributed by atoms with van der Waals surface area (Å²) in [7, 11) is 0. The number of hydrogen-bond acceptors (Lipinski definition) is 4. The van der Waals surface area contributed by atoms with E-state index in [9.17, 15) is 9.59 Å². The molecule has 0 unspecified atom stereocenters. The average molecular weight is 258 g/mol. The molecule has 0 aliphatic heterocycles. The van der Waals surface area contributed by atoms with Crippen molar-refractivity contribution in [1.82, 2.24) is 4.90 Å². The summed E-state index contributed by atoms with van der Waals surface area (Å²) in [4.78, 5) is 24.6. The molecule has 5 N–H and O–H groups in total. The maximum Gasteiger partial charge on any atom is 0.237 e. The lowest BCUT2D eigenvalue weighted by atomic mass is 9.90. The largest absolute Gasteiger partial charge is 0.409 e. The summed E-state index contributed by atoms with van der Waals surface area (Å²) in [6.07, 6.45) is 1.64. The zero-order valence-electron chi connectivity index (χ0n) is 11.1. The highest BCUT2D eigenvalue weighted by molar-refractivity contribution is 6.06. The highest BCUT2D eigenvalue weighted by atomic mass is 16.4. The number of primary amides is 1. The zero-order valence-corrected chi connectivity index (χ0v) is 11.1. The summed E-state index contributed by atoms with van der Waals surface area (Å²) < 4.78 is 0. The lowest BCUT2D eigenvalue weighted by Crippen LogP contribution is -2.50. The Morgan fingerprint density at radius 1 is 1.33 bits per heavy atom. The second-order valence-electron chi connectivity index (χ2n) is 4.66. The van der Waals surface area contributed by atoms with Gasteiger partial charge in [0.25, 0.3) is 0 Å². The first kappa shape index (κ1) is 16.2. The summed E-state index contributed by atoms with van der Waals surface area (Å²) in [6, 6.07) is 0. The van der Waals surface area contributed by atoms with Crippen LogP contribution in [0.5, 0.6) is 0 Å². The molecule has 0 bridgehead atoms. The Morgan fingerprint density at radius 3 is 2.28 bits per heavy atom. The summed E-state index contributed by atoms with van der Waals surface area (Å²) in [5.74, 6) is -1.17. The fourth-order valence-electron chi connectivity index (χ4n) is 1.42. The number of amidine groups is 1. The molecule has 0 radical (unpaired) electrons. The predicted octanol–water partition coefficient (Wildman–Crippen LogP) is -0.127. The third kappa shape index (κ3) is 4.23. The number of unbranched alkanes of at least 4 members (excludes halogenated alkanes) is 1. The summed E-state index contributed by atoms with van der Waals surface area (Å²) in [5.41, 5.74) is 9.43. The van der Waals surface area contributed by atoms with Gasteiger partial charge < -0.3 is 21.6 Å². The van der Waals surface area contributed by atoms with Gasteiger partial charge in [0.1, 0.15) is 5.41 Å². The highest BCUT2D eigenvalue weighted by Gasteiger charge is 2.36. The van der Waals surface area contributed by atoms with Crippen LogP contribution in [0.15, 0.2) is 5.16 Å². The van der Waals surface area contributed by atoms with Gasteiger partial charge in [0.2, 0.25) is 11.8 Å². The van der Waals surface area contributed by atoms with Gasteiger partial charge in [-0.1, -0.05) is 18.5 Å². The van der Waals surface area contributed by atoms with Gasteiger partial charge >= 0.3 is 0 Å². The Labute approximate surface area is 107 Å². The monoisotopic (exact) mass is 258 g/mol. The van der Waals surface area contributed by atoms with Crippen LogP contribution < -0.4 is 11.5 Å². The van der Waals surface area contributed by atoms with Crippen molar-refractivity contribution >= 4 is 17.6 Å². The molecule has 0 aliphatic rings. The first-order chi connectivity index (χ1) is 8.27. The Morgan fingerprint density at radius 2 is 1.89 bits per heavy atom. The van der Waals surface area contributed by atoms with Crippen LogP contribution in [-0.2, 0) is 9.59 Å². The minimum absolute atomic E-state index is 0.166. The second-order valence-corrected chi connectivity index (χ2v) is 4.66. The van der Waals surface area contributed by atoms with Gasteiger partial charge in [0, 0.05) is 6.54 Å². The predicted molar refractivity (Wildman–Crippen MR) is 67.9 cm³/mol. The Bertz CT molecular complexity index is 339. The normalized spacial score (nSPS) is 12.3. The molecule has 7 nitrogen and oxygen atoms in total. The van der Waals surface area contributed by atoms with Gasteiger partial charge in [-0.25, -0.2) is 0 Å². The van der Waals surface area contributed by atoms with E-state index in [0.29, 0.717) is 6.54 Å². The lowest BCUT2D eigenvalue weighted by Gasteiger charge is -2.30. The van der Waals surface area contributed by atoms with Crippen molar-refractivity contribution in [3.8, 4) is 0 Å². The molecule has 0 aromatic rings. The number of carbonyl (C=O) groups excluding carboxylic acids is 2. The minimum atomic E-state index is -1.17. The van der Waals surface area contributed by atoms with Gasteiger partial charge in [0.05, 0.1) is 6.54 Å². The molecule has 0 spiro atoms. The molecule has 18 heavy (non-hydrogen) atoms. The number of nitrogens with zero attached hydrogens (tertiary/aromatic N) is 2. The third-order valence-electron chi connectivity index (χ3n) is 2.70. The van der Waals surface area contributed by atoms with Crippen LogP contribution >= 0.6 is 0 Å². The fourth-order valence-corrected chi connectivity index (χ4v) is 1.42. The van der Waals surface area contributed by atoms with Crippen molar-refractivity contribution in [2.45, 2.75) is 33.6 Å². The van der Waals surface area contributed by atoms with E-state index in [2.05, 4.69) is 5.16 Å². The molecule has 0 fully saturated rings. The van der Waals surface area contributed by atoms with E-state index >= 15 is 0 Å². The number of hydrogen-bond donors (Lipinski definition) is 3. The van der Waals surface area contributed by atoms with Crippen LogP contribution in [-0.4, -0.2) is 40.8 Å². The van der Waals surface area contributed by atoms with E-state index in [1.807, 2.05) is 6.92 Å². The lowest BCUT2D eigenvalue weighted by molar-refractivity contribution is -0.140. The Hall–Kier alpha value is -1.79. The smallest absolute Gasteiger partial charge is 0.237 e. The maximum atomic E-state index is 12.3. The molecule has 0 aromatic carbocycles. The zero-order chi connectivity index (χ0) is 14.3. The van der Waals surface area contributed by atoms with E-state index in [1.54, 1.807) is 0 Å². The average Bonchev–Trinajstić information content (AvgIpc) is 2.31. The van der Waals surface area contributed by atoms with E-state index in [0.717, 1.165) is 12.8 Å². The van der Waals surface area contributed by atoms with Crippen LogP contribution in [0, 0.1) is 5.41 Å². The van der Waals surface area contributed by atoms with Crippen molar-refractivity contribution in [1.29, 1.82) is 0 Å². The van der Waals surface area contributed by atoms with Crippen LogP contribution in [0.4, 0.5) is 0 Å².